The van der Waals surface area contributed by atoms with Gasteiger partial charge < -0.3 is 9.64 Å². The highest BCUT2D eigenvalue weighted by atomic mass is 16.5. The van der Waals surface area contributed by atoms with Crippen LogP contribution in [0.15, 0.2) is 24.5 Å². The molecule has 1 aromatic rings. The Morgan fingerprint density at radius 2 is 2.19 bits per heavy atom. The first-order chi connectivity index (χ1) is 10.4. The van der Waals surface area contributed by atoms with E-state index in [1.54, 1.807) is 0 Å². The topological polar surface area (TPSA) is 28.6 Å². The highest BCUT2D eigenvalue weighted by Crippen LogP contribution is 2.31. The van der Waals surface area contributed by atoms with E-state index in [0.29, 0.717) is 12.7 Å². The van der Waals surface area contributed by atoms with Crippen molar-refractivity contribution in [2.24, 2.45) is 5.92 Å². The average molecular weight is 287 g/mol. The summed E-state index contributed by atoms with van der Waals surface area (Å²) < 4.78 is 6.11. The zero-order chi connectivity index (χ0) is 14.1. The van der Waals surface area contributed by atoms with Gasteiger partial charge in [0.1, 0.15) is 0 Å². The summed E-state index contributed by atoms with van der Waals surface area (Å²) >= 11 is 0. The van der Waals surface area contributed by atoms with E-state index in [9.17, 15) is 0 Å². The van der Waals surface area contributed by atoms with E-state index in [0.717, 1.165) is 18.5 Å². The molecule has 2 atom stereocenters. The van der Waals surface area contributed by atoms with Crippen molar-refractivity contribution in [1.82, 2.24) is 14.8 Å². The lowest BCUT2D eigenvalue weighted by molar-refractivity contribution is 0.0457. The molecule has 114 valence electrons. The van der Waals surface area contributed by atoms with Gasteiger partial charge in [0.2, 0.25) is 0 Å². The molecule has 4 nitrogen and oxygen atoms in total. The maximum absolute atomic E-state index is 6.11. The Morgan fingerprint density at radius 1 is 1.24 bits per heavy atom. The average Bonchev–Trinajstić information content (AvgIpc) is 3.23. The normalized spacial score (nSPS) is 30.5. The number of nitrogens with zero attached hydrogens (tertiary/aromatic N) is 3. The van der Waals surface area contributed by atoms with E-state index in [-0.39, 0.29) is 0 Å². The lowest BCUT2D eigenvalue weighted by atomic mass is 10.1. The van der Waals surface area contributed by atoms with E-state index in [4.69, 9.17) is 4.74 Å². The molecule has 0 bridgehead atoms. The van der Waals surface area contributed by atoms with Crippen LogP contribution in [0.3, 0.4) is 0 Å². The zero-order valence-electron chi connectivity index (χ0n) is 12.7. The van der Waals surface area contributed by atoms with Crippen molar-refractivity contribution in [3.8, 4) is 0 Å². The van der Waals surface area contributed by atoms with Crippen molar-refractivity contribution < 1.29 is 4.74 Å². The van der Waals surface area contributed by atoms with E-state index in [1.807, 2.05) is 18.5 Å². The fourth-order valence-corrected chi connectivity index (χ4v) is 3.71. The molecule has 1 saturated carbocycles. The first-order valence-electron chi connectivity index (χ1n) is 8.34. The van der Waals surface area contributed by atoms with E-state index < -0.39 is 0 Å². The summed E-state index contributed by atoms with van der Waals surface area (Å²) in [4.78, 5) is 9.47. The van der Waals surface area contributed by atoms with Crippen LogP contribution in [-0.4, -0.2) is 59.7 Å². The second-order valence-corrected chi connectivity index (χ2v) is 6.88. The highest BCUT2D eigenvalue weighted by Gasteiger charge is 2.37. The van der Waals surface area contributed by atoms with Gasteiger partial charge in [-0.25, -0.2) is 0 Å². The number of ether oxygens (including phenoxy) is 1. The van der Waals surface area contributed by atoms with Crippen LogP contribution in [0.1, 0.15) is 24.8 Å². The van der Waals surface area contributed by atoms with Crippen molar-refractivity contribution in [2.45, 2.75) is 38.0 Å². The van der Waals surface area contributed by atoms with Gasteiger partial charge in [-0.15, -0.1) is 0 Å². The second-order valence-electron chi connectivity index (χ2n) is 6.88. The SMILES string of the molecule is c1cncc(CO[C@H]2C[C@H]3CN(CC4CC4)CCN3C2)c1. The first-order valence-corrected chi connectivity index (χ1v) is 8.34. The number of pyridine rings is 1. The molecule has 3 heterocycles. The van der Waals surface area contributed by atoms with E-state index >= 15 is 0 Å². The molecule has 1 aliphatic carbocycles. The maximum atomic E-state index is 6.11. The van der Waals surface area contributed by atoms with Crippen LogP contribution in [0.5, 0.6) is 0 Å². The van der Waals surface area contributed by atoms with Gasteiger partial charge in [0.25, 0.3) is 0 Å². The number of aromatic nitrogens is 1. The number of piperazine rings is 1. The third kappa shape index (κ3) is 3.44. The van der Waals surface area contributed by atoms with Crippen LogP contribution >= 0.6 is 0 Å². The predicted molar refractivity (Wildman–Crippen MR) is 82.0 cm³/mol. The molecule has 4 heteroatoms. The molecule has 0 N–H and O–H groups in total. The summed E-state index contributed by atoms with van der Waals surface area (Å²) in [5.41, 5.74) is 1.18. The summed E-state index contributed by atoms with van der Waals surface area (Å²) in [7, 11) is 0. The Kier molecular flexibility index (Phi) is 3.93. The van der Waals surface area contributed by atoms with E-state index in [2.05, 4.69) is 20.9 Å². The lowest BCUT2D eigenvalue weighted by Crippen LogP contribution is -2.50. The molecule has 0 amide bonds. The Hall–Kier alpha value is -0.970. The molecule has 1 aromatic heterocycles. The Labute approximate surface area is 127 Å². The molecule has 3 aliphatic rings. The largest absolute Gasteiger partial charge is 0.372 e. The van der Waals surface area contributed by atoms with Gasteiger partial charge in [0.15, 0.2) is 0 Å². The minimum atomic E-state index is 0.399. The standard InChI is InChI=1S/C17H25N3O/c1-2-15(9-18-5-1)13-21-17-8-16-11-19(10-14-3-4-14)6-7-20(16)12-17/h1-2,5,9,14,16-17H,3-4,6-8,10-13H2/t16-,17-/m0/s1. The molecular formula is C17H25N3O. The maximum Gasteiger partial charge on any atom is 0.0736 e. The van der Waals surface area contributed by atoms with Crippen molar-refractivity contribution in [3.05, 3.63) is 30.1 Å². The second kappa shape index (κ2) is 6.03. The Bertz CT molecular complexity index is 462. The van der Waals surface area contributed by atoms with Gasteiger partial charge in [-0.05, 0) is 36.8 Å². The highest BCUT2D eigenvalue weighted by molar-refractivity contribution is 5.07. The number of fused-ring (bicyclic) bond motifs is 1. The van der Waals surface area contributed by atoms with Gasteiger partial charge >= 0.3 is 0 Å². The van der Waals surface area contributed by atoms with Gasteiger partial charge in [0.05, 0.1) is 12.7 Å². The molecular weight excluding hydrogens is 262 g/mol. The van der Waals surface area contributed by atoms with Crippen LogP contribution in [0.4, 0.5) is 0 Å². The van der Waals surface area contributed by atoms with Crippen molar-refractivity contribution >= 4 is 0 Å². The van der Waals surface area contributed by atoms with Crippen LogP contribution in [0.2, 0.25) is 0 Å². The van der Waals surface area contributed by atoms with Gasteiger partial charge in [-0.1, -0.05) is 6.07 Å². The molecule has 2 saturated heterocycles. The number of hydrogen-bond acceptors (Lipinski definition) is 4. The molecule has 21 heavy (non-hydrogen) atoms. The van der Waals surface area contributed by atoms with Gasteiger partial charge in [0, 0.05) is 51.2 Å². The van der Waals surface area contributed by atoms with Crippen molar-refractivity contribution in [3.63, 3.8) is 0 Å². The third-order valence-corrected chi connectivity index (χ3v) is 5.08. The zero-order valence-corrected chi connectivity index (χ0v) is 12.7. The number of rotatable bonds is 5. The molecule has 4 rings (SSSR count). The molecule has 0 spiro atoms. The fourth-order valence-electron chi connectivity index (χ4n) is 3.71. The number of hydrogen-bond donors (Lipinski definition) is 0. The third-order valence-electron chi connectivity index (χ3n) is 5.08. The smallest absolute Gasteiger partial charge is 0.0736 e. The molecule has 0 radical (unpaired) electrons. The summed E-state index contributed by atoms with van der Waals surface area (Å²) in [6.45, 7) is 6.88. The first kappa shape index (κ1) is 13.7. The van der Waals surface area contributed by atoms with Crippen molar-refractivity contribution in [1.29, 1.82) is 0 Å². The Balaban J connectivity index is 1.26. The van der Waals surface area contributed by atoms with Crippen molar-refractivity contribution in [2.75, 3.05) is 32.7 Å². The summed E-state index contributed by atoms with van der Waals surface area (Å²) in [5.74, 6) is 1.01. The Morgan fingerprint density at radius 3 is 3.00 bits per heavy atom. The van der Waals surface area contributed by atoms with Crippen LogP contribution in [0.25, 0.3) is 0 Å². The predicted octanol–water partition coefficient (Wildman–Crippen LogP) is 1.77. The minimum absolute atomic E-state index is 0.399. The summed E-state index contributed by atoms with van der Waals surface area (Å²) in [6, 6.07) is 4.79. The van der Waals surface area contributed by atoms with Gasteiger partial charge in [-0.3, -0.25) is 9.88 Å². The van der Waals surface area contributed by atoms with Crippen LogP contribution < -0.4 is 0 Å². The molecule has 0 unspecified atom stereocenters. The van der Waals surface area contributed by atoms with Gasteiger partial charge in [-0.2, -0.15) is 0 Å². The minimum Gasteiger partial charge on any atom is -0.372 e. The lowest BCUT2D eigenvalue weighted by Gasteiger charge is -2.37. The quantitative estimate of drug-likeness (QED) is 0.825. The molecule has 3 fully saturated rings. The fraction of sp³-hybridized carbons (Fsp3) is 0.706. The van der Waals surface area contributed by atoms with E-state index in [1.165, 1.54) is 51.0 Å². The van der Waals surface area contributed by atoms with Crippen LogP contribution in [-0.2, 0) is 11.3 Å². The molecule has 2 aliphatic heterocycles. The monoisotopic (exact) mass is 287 g/mol. The summed E-state index contributed by atoms with van der Waals surface area (Å²) in [5, 5.41) is 0. The summed E-state index contributed by atoms with van der Waals surface area (Å²) in [6.07, 6.45) is 8.23. The van der Waals surface area contributed by atoms with Crippen LogP contribution in [0, 0.1) is 5.92 Å². The molecule has 0 aromatic carbocycles.